The highest BCUT2D eigenvalue weighted by Gasteiger charge is 2.17. The van der Waals surface area contributed by atoms with Gasteiger partial charge in [0.2, 0.25) is 0 Å². The lowest BCUT2D eigenvalue weighted by atomic mass is 9.94. The van der Waals surface area contributed by atoms with Crippen molar-refractivity contribution in [3.8, 4) is 67.5 Å². The number of amidine groups is 2. The number of benzene rings is 8. The van der Waals surface area contributed by atoms with Gasteiger partial charge in [-0.15, -0.1) is 0 Å². The van der Waals surface area contributed by atoms with E-state index >= 15 is 0 Å². The minimum Gasteiger partial charge on any atom is -0.282 e. The van der Waals surface area contributed by atoms with E-state index in [1.54, 1.807) is 6.21 Å². The monoisotopic (exact) mass is 784 g/mol. The molecule has 0 amide bonds. The van der Waals surface area contributed by atoms with Crippen LogP contribution in [0, 0.1) is 12.3 Å². The Labute approximate surface area is 355 Å². The van der Waals surface area contributed by atoms with Gasteiger partial charge in [-0.3, -0.25) is 5.41 Å². The Hall–Kier alpha value is -8.22. The maximum atomic E-state index is 9.08. The van der Waals surface area contributed by atoms with E-state index in [1.165, 1.54) is 0 Å². The molecule has 0 bridgehead atoms. The lowest BCUT2D eigenvalue weighted by molar-refractivity contribution is 1.07. The van der Waals surface area contributed by atoms with Gasteiger partial charge in [0.1, 0.15) is 0 Å². The van der Waals surface area contributed by atoms with Gasteiger partial charge in [-0.1, -0.05) is 194 Å². The second-order valence-electron chi connectivity index (χ2n) is 14.6. The second-order valence-corrected chi connectivity index (χ2v) is 14.6. The predicted molar refractivity (Wildman–Crippen MR) is 251 cm³/mol. The van der Waals surface area contributed by atoms with E-state index in [4.69, 9.17) is 30.3 Å². The Balaban J connectivity index is 1.06. The molecule has 9 aromatic rings. The highest BCUT2D eigenvalue weighted by Crippen LogP contribution is 2.35. The van der Waals surface area contributed by atoms with E-state index in [2.05, 4.69) is 79.7 Å². The zero-order valence-corrected chi connectivity index (χ0v) is 33.5. The van der Waals surface area contributed by atoms with E-state index in [9.17, 15) is 0 Å². The highest BCUT2D eigenvalue weighted by atomic mass is 15.0. The molecule has 1 heterocycles. The lowest BCUT2D eigenvalue weighted by Crippen LogP contribution is -2.04. The molecule has 0 aliphatic rings. The van der Waals surface area contributed by atoms with E-state index < -0.39 is 0 Å². The fourth-order valence-electron chi connectivity index (χ4n) is 7.27. The molecule has 6 heteroatoms. The quantitative estimate of drug-likeness (QED) is 0.117. The summed E-state index contributed by atoms with van der Waals surface area (Å²) in [7, 11) is 0. The normalized spacial score (nSPS) is 11.5. The van der Waals surface area contributed by atoms with Crippen molar-refractivity contribution in [3.63, 3.8) is 0 Å². The first-order chi connectivity index (χ1) is 30.1. The topological polar surface area (TPSA) is 87.2 Å². The number of aromatic nitrogens is 3. The maximum absolute atomic E-state index is 9.08. The molecule has 8 aromatic carbocycles. The molecule has 0 aliphatic heterocycles. The summed E-state index contributed by atoms with van der Waals surface area (Å²) in [6, 6.07) is 71.2. The van der Waals surface area contributed by atoms with Gasteiger partial charge in [0, 0.05) is 34.0 Å². The summed E-state index contributed by atoms with van der Waals surface area (Å²) in [5, 5.41) is 9.08. The predicted octanol–water partition coefficient (Wildman–Crippen LogP) is 13.1. The molecule has 0 radical (unpaired) electrons. The average molecular weight is 785 g/mol. The molecule has 0 fully saturated rings. The Kier molecular flexibility index (Phi) is 11.1. The van der Waals surface area contributed by atoms with Crippen molar-refractivity contribution >= 4 is 17.9 Å². The molecular formula is C55H40N6. The number of nitrogens with zero attached hydrogens (tertiary/aromatic N) is 5. The Morgan fingerprint density at radius 3 is 1.66 bits per heavy atom. The van der Waals surface area contributed by atoms with Crippen molar-refractivity contribution in [1.82, 2.24) is 15.0 Å². The van der Waals surface area contributed by atoms with Crippen LogP contribution < -0.4 is 0 Å². The fraction of sp³-hybridized carbons (Fsp3) is 0.0182. The molecule has 1 N–H and O–H groups in total. The van der Waals surface area contributed by atoms with Gasteiger partial charge in [0.05, 0.1) is 0 Å². The first kappa shape index (κ1) is 38.3. The van der Waals surface area contributed by atoms with Gasteiger partial charge in [0.25, 0.3) is 0 Å². The fourth-order valence-corrected chi connectivity index (χ4v) is 7.27. The van der Waals surface area contributed by atoms with Crippen molar-refractivity contribution < 1.29 is 0 Å². The van der Waals surface area contributed by atoms with Gasteiger partial charge in [0.15, 0.2) is 29.1 Å². The van der Waals surface area contributed by atoms with Crippen LogP contribution in [0.1, 0.15) is 22.3 Å². The Morgan fingerprint density at radius 1 is 0.410 bits per heavy atom. The number of nitrogens with one attached hydrogen (secondary N) is 1. The average Bonchev–Trinajstić information content (AvgIpc) is 3.34. The molecule has 0 saturated carbocycles. The molecule has 6 nitrogen and oxygen atoms in total. The standard InChI is InChI=1S/C55H40N6/c1-38-32-33-47(54-59-53(42-24-12-5-13-25-42)60-55(61-54)49-31-15-14-30-48(49)40-20-8-3-9-21-40)36-50(38)45-28-16-26-43(34-45)44-27-17-29-46(35-44)51(56)58-52(41-22-10-4-11-23-41)57-37-39-18-6-2-7-19-39/h2-37,56H,1H3. The molecule has 0 spiro atoms. The largest absolute Gasteiger partial charge is 0.282 e. The van der Waals surface area contributed by atoms with Gasteiger partial charge in [-0.2, -0.15) is 0 Å². The van der Waals surface area contributed by atoms with Crippen molar-refractivity contribution in [2.75, 3.05) is 0 Å². The minimum absolute atomic E-state index is 0.128. The zero-order chi connectivity index (χ0) is 41.4. The number of hydrogen-bond donors (Lipinski definition) is 1. The van der Waals surface area contributed by atoms with Crippen molar-refractivity contribution in [1.29, 1.82) is 5.41 Å². The molecule has 9 rings (SSSR count). The van der Waals surface area contributed by atoms with Gasteiger partial charge in [-0.05, 0) is 69.6 Å². The summed E-state index contributed by atoms with van der Waals surface area (Å²) in [4.78, 5) is 24.7. The number of aryl methyl sites for hydroxylation is 1. The second kappa shape index (κ2) is 17.7. The third kappa shape index (κ3) is 8.80. The van der Waals surface area contributed by atoms with Crippen LogP contribution >= 0.6 is 0 Å². The molecule has 0 atom stereocenters. The molecule has 1 aromatic heterocycles. The first-order valence-electron chi connectivity index (χ1n) is 20.2. The third-order valence-corrected chi connectivity index (χ3v) is 10.4. The van der Waals surface area contributed by atoms with Crippen LogP contribution in [0.2, 0.25) is 0 Å². The molecular weight excluding hydrogens is 745 g/mol. The SMILES string of the molecule is Cc1ccc(-c2nc(-c3ccccc3)nc(-c3ccccc3-c3ccccc3)n2)cc1-c1cccc(-c2cccc(C(=N)N=C(N=Cc3ccccc3)c3ccccc3)c2)c1. The van der Waals surface area contributed by atoms with E-state index in [1.807, 2.05) is 140 Å². The van der Waals surface area contributed by atoms with Gasteiger partial charge < -0.3 is 0 Å². The van der Waals surface area contributed by atoms with Gasteiger partial charge in [-0.25, -0.2) is 24.9 Å². The lowest BCUT2D eigenvalue weighted by Gasteiger charge is -2.14. The zero-order valence-electron chi connectivity index (χ0n) is 33.5. The maximum Gasteiger partial charge on any atom is 0.164 e. The molecule has 0 aliphatic carbocycles. The number of hydrogen-bond acceptors (Lipinski definition) is 4. The van der Waals surface area contributed by atoms with Gasteiger partial charge >= 0.3 is 0 Å². The minimum atomic E-state index is 0.128. The summed E-state index contributed by atoms with van der Waals surface area (Å²) in [5.41, 5.74) is 12.6. The highest BCUT2D eigenvalue weighted by molar-refractivity contribution is 6.13. The van der Waals surface area contributed by atoms with Crippen LogP contribution in [0.3, 0.4) is 0 Å². The summed E-state index contributed by atoms with van der Waals surface area (Å²) in [6.07, 6.45) is 1.78. The van der Waals surface area contributed by atoms with E-state index in [0.29, 0.717) is 28.9 Å². The molecule has 61 heavy (non-hydrogen) atoms. The van der Waals surface area contributed by atoms with Crippen LogP contribution in [-0.2, 0) is 0 Å². The Bertz CT molecular complexity index is 3030. The summed E-state index contributed by atoms with van der Waals surface area (Å²) in [5.74, 6) is 2.42. The molecule has 290 valence electrons. The van der Waals surface area contributed by atoms with Crippen LogP contribution in [-0.4, -0.2) is 32.8 Å². The first-order valence-corrected chi connectivity index (χ1v) is 20.2. The number of aliphatic imine (C=N–C) groups is 2. The van der Waals surface area contributed by atoms with Crippen LogP contribution in [0.15, 0.2) is 222 Å². The van der Waals surface area contributed by atoms with Crippen LogP contribution in [0.25, 0.3) is 67.5 Å². The van der Waals surface area contributed by atoms with E-state index in [0.717, 1.165) is 66.8 Å². The smallest absolute Gasteiger partial charge is 0.164 e. The summed E-state index contributed by atoms with van der Waals surface area (Å²) >= 11 is 0. The van der Waals surface area contributed by atoms with E-state index in [-0.39, 0.29) is 5.84 Å². The molecule has 0 unspecified atom stereocenters. The van der Waals surface area contributed by atoms with Crippen LogP contribution in [0.5, 0.6) is 0 Å². The van der Waals surface area contributed by atoms with Crippen LogP contribution in [0.4, 0.5) is 0 Å². The summed E-state index contributed by atoms with van der Waals surface area (Å²) < 4.78 is 0. The van der Waals surface area contributed by atoms with Crippen molar-refractivity contribution in [2.24, 2.45) is 9.98 Å². The summed E-state index contributed by atoms with van der Waals surface area (Å²) in [6.45, 7) is 2.13. The van der Waals surface area contributed by atoms with Crippen molar-refractivity contribution in [3.05, 3.63) is 235 Å². The number of rotatable bonds is 9. The van der Waals surface area contributed by atoms with Crippen molar-refractivity contribution in [2.45, 2.75) is 6.92 Å². The molecule has 0 saturated heterocycles. The Morgan fingerprint density at radius 2 is 0.934 bits per heavy atom. The third-order valence-electron chi connectivity index (χ3n) is 10.4.